The summed E-state index contributed by atoms with van der Waals surface area (Å²) in [6.45, 7) is 7.56. The van der Waals surface area contributed by atoms with E-state index in [-0.39, 0.29) is 0 Å². The third-order valence-electron chi connectivity index (χ3n) is 3.48. The predicted octanol–water partition coefficient (Wildman–Crippen LogP) is 4.11. The van der Waals surface area contributed by atoms with Gasteiger partial charge in [0.15, 0.2) is 0 Å². The molecule has 0 amide bonds. The van der Waals surface area contributed by atoms with E-state index in [9.17, 15) is 0 Å². The van der Waals surface area contributed by atoms with Gasteiger partial charge in [0.05, 0.1) is 17.8 Å². The van der Waals surface area contributed by atoms with E-state index >= 15 is 0 Å². The van der Waals surface area contributed by atoms with Gasteiger partial charge in [-0.3, -0.25) is 0 Å². The molecule has 0 saturated heterocycles. The Morgan fingerprint density at radius 1 is 1.29 bits per heavy atom. The number of ether oxygens (including phenoxy) is 1. The van der Waals surface area contributed by atoms with Crippen molar-refractivity contribution in [3.63, 3.8) is 0 Å². The fraction of sp³-hybridized carbons (Fsp3) is 0.471. The molecule has 1 heterocycles. The molecule has 0 saturated carbocycles. The van der Waals surface area contributed by atoms with Crippen LogP contribution < -0.4 is 10.1 Å². The molecule has 0 aliphatic carbocycles. The highest BCUT2D eigenvalue weighted by Gasteiger charge is 2.13. The number of aromatic nitrogens is 1. The van der Waals surface area contributed by atoms with Crippen molar-refractivity contribution in [1.82, 2.24) is 10.3 Å². The van der Waals surface area contributed by atoms with Gasteiger partial charge in [-0.1, -0.05) is 19.1 Å². The monoisotopic (exact) mass is 304 g/mol. The second kappa shape index (κ2) is 7.57. The van der Waals surface area contributed by atoms with Gasteiger partial charge < -0.3 is 10.1 Å². The Morgan fingerprint density at radius 3 is 2.62 bits per heavy atom. The molecule has 0 radical (unpaired) electrons. The molecule has 114 valence electrons. The zero-order valence-corrected chi connectivity index (χ0v) is 14.1. The minimum Gasteiger partial charge on any atom is -0.497 e. The van der Waals surface area contributed by atoms with Gasteiger partial charge in [0.1, 0.15) is 5.75 Å². The van der Waals surface area contributed by atoms with Crippen molar-refractivity contribution in [2.75, 3.05) is 13.7 Å². The maximum absolute atomic E-state index is 5.19. The number of methoxy groups -OCH3 is 1. The molecule has 0 fully saturated rings. The van der Waals surface area contributed by atoms with Gasteiger partial charge in [-0.15, -0.1) is 11.3 Å². The highest BCUT2D eigenvalue weighted by molar-refractivity contribution is 7.11. The van der Waals surface area contributed by atoms with Gasteiger partial charge in [0.25, 0.3) is 0 Å². The van der Waals surface area contributed by atoms with Gasteiger partial charge >= 0.3 is 0 Å². The van der Waals surface area contributed by atoms with Crippen molar-refractivity contribution in [1.29, 1.82) is 0 Å². The number of aryl methyl sites for hydroxylation is 1. The molecule has 0 aliphatic heterocycles. The van der Waals surface area contributed by atoms with Crippen molar-refractivity contribution in [2.24, 2.45) is 0 Å². The van der Waals surface area contributed by atoms with Crippen LogP contribution in [0.3, 0.4) is 0 Å². The van der Waals surface area contributed by atoms with Gasteiger partial charge in [-0.25, -0.2) is 4.98 Å². The van der Waals surface area contributed by atoms with Gasteiger partial charge in [0, 0.05) is 17.3 Å². The van der Waals surface area contributed by atoms with E-state index in [1.54, 1.807) is 7.11 Å². The van der Waals surface area contributed by atoms with Crippen LogP contribution in [0.1, 0.15) is 47.5 Å². The molecular formula is C17H24N2OS. The normalized spacial score (nSPS) is 12.4. The lowest BCUT2D eigenvalue weighted by molar-refractivity contribution is 0.414. The molecule has 1 unspecified atom stereocenters. The summed E-state index contributed by atoms with van der Waals surface area (Å²) in [7, 11) is 1.69. The fourth-order valence-electron chi connectivity index (χ4n) is 2.31. The third-order valence-corrected chi connectivity index (χ3v) is 4.83. The van der Waals surface area contributed by atoms with Crippen LogP contribution in [-0.4, -0.2) is 18.6 Å². The lowest BCUT2D eigenvalue weighted by Gasteiger charge is -2.11. The SMILES string of the molecule is CCCNC(C)c1sc(Cc2ccc(OC)cc2)nc1C. The van der Waals surface area contributed by atoms with Crippen LogP contribution >= 0.6 is 11.3 Å². The van der Waals surface area contributed by atoms with Crippen LogP contribution in [0.25, 0.3) is 0 Å². The van der Waals surface area contributed by atoms with E-state index in [2.05, 4.69) is 38.2 Å². The lowest BCUT2D eigenvalue weighted by atomic mass is 10.1. The first kappa shape index (κ1) is 16.0. The van der Waals surface area contributed by atoms with Crippen molar-refractivity contribution >= 4 is 11.3 Å². The Hall–Kier alpha value is -1.39. The number of hydrogen-bond donors (Lipinski definition) is 1. The van der Waals surface area contributed by atoms with E-state index in [0.717, 1.165) is 30.8 Å². The summed E-state index contributed by atoms with van der Waals surface area (Å²) in [6.07, 6.45) is 2.04. The molecule has 4 heteroatoms. The molecule has 0 bridgehead atoms. The molecular weight excluding hydrogens is 280 g/mol. The highest BCUT2D eigenvalue weighted by atomic mass is 32.1. The molecule has 0 spiro atoms. The quantitative estimate of drug-likeness (QED) is 0.836. The Bertz CT molecular complexity index is 563. The van der Waals surface area contributed by atoms with Crippen molar-refractivity contribution < 1.29 is 4.74 Å². The zero-order chi connectivity index (χ0) is 15.2. The van der Waals surface area contributed by atoms with E-state index in [1.165, 1.54) is 15.4 Å². The average Bonchev–Trinajstić information content (AvgIpc) is 2.86. The Labute approximate surface area is 131 Å². The number of benzene rings is 1. The van der Waals surface area contributed by atoms with Crippen molar-refractivity contribution in [3.05, 3.63) is 45.4 Å². The second-order valence-electron chi connectivity index (χ2n) is 5.26. The molecule has 1 aromatic carbocycles. The fourth-order valence-corrected chi connectivity index (χ4v) is 3.44. The molecule has 21 heavy (non-hydrogen) atoms. The number of nitrogens with one attached hydrogen (secondary N) is 1. The van der Waals surface area contributed by atoms with Gasteiger partial charge in [-0.05, 0) is 44.5 Å². The first-order valence-electron chi connectivity index (χ1n) is 7.46. The topological polar surface area (TPSA) is 34.1 Å². The number of hydrogen-bond acceptors (Lipinski definition) is 4. The summed E-state index contributed by atoms with van der Waals surface area (Å²) in [5, 5.41) is 4.71. The summed E-state index contributed by atoms with van der Waals surface area (Å²) >= 11 is 1.82. The van der Waals surface area contributed by atoms with Crippen molar-refractivity contribution in [2.45, 2.75) is 39.7 Å². The first-order chi connectivity index (χ1) is 10.1. The van der Waals surface area contributed by atoms with Crippen LogP contribution in [0.5, 0.6) is 5.75 Å². The minimum atomic E-state index is 0.382. The summed E-state index contributed by atoms with van der Waals surface area (Å²) in [4.78, 5) is 6.08. The molecule has 2 rings (SSSR count). The zero-order valence-electron chi connectivity index (χ0n) is 13.3. The third kappa shape index (κ3) is 4.29. The second-order valence-corrected chi connectivity index (χ2v) is 6.37. The Morgan fingerprint density at radius 2 is 2.00 bits per heavy atom. The molecule has 2 aromatic rings. The van der Waals surface area contributed by atoms with E-state index in [4.69, 9.17) is 9.72 Å². The predicted molar refractivity (Wildman–Crippen MR) is 89.4 cm³/mol. The molecule has 1 N–H and O–H groups in total. The van der Waals surface area contributed by atoms with Crippen molar-refractivity contribution in [3.8, 4) is 5.75 Å². The minimum absolute atomic E-state index is 0.382. The van der Waals surface area contributed by atoms with Crippen LogP contribution in [0.2, 0.25) is 0 Å². The lowest BCUT2D eigenvalue weighted by Crippen LogP contribution is -2.18. The maximum Gasteiger partial charge on any atom is 0.118 e. The number of thiazole rings is 1. The Kier molecular flexibility index (Phi) is 5.76. The van der Waals surface area contributed by atoms with Crippen LogP contribution in [-0.2, 0) is 6.42 Å². The molecule has 0 aliphatic rings. The number of nitrogens with zero attached hydrogens (tertiary/aromatic N) is 1. The Balaban J connectivity index is 2.06. The molecule has 1 atom stereocenters. The summed E-state index contributed by atoms with van der Waals surface area (Å²) in [6, 6.07) is 8.60. The van der Waals surface area contributed by atoms with Gasteiger partial charge in [-0.2, -0.15) is 0 Å². The van der Waals surface area contributed by atoms with E-state index < -0.39 is 0 Å². The standard InChI is InChI=1S/C17H24N2OS/c1-5-10-18-12(2)17-13(3)19-16(21-17)11-14-6-8-15(20-4)9-7-14/h6-9,12,18H,5,10-11H2,1-4H3. The molecule has 3 nitrogen and oxygen atoms in total. The summed E-state index contributed by atoms with van der Waals surface area (Å²) < 4.78 is 5.19. The summed E-state index contributed by atoms with van der Waals surface area (Å²) in [5.41, 5.74) is 2.42. The van der Waals surface area contributed by atoms with Crippen LogP contribution in [0.15, 0.2) is 24.3 Å². The first-order valence-corrected chi connectivity index (χ1v) is 8.28. The van der Waals surface area contributed by atoms with E-state index in [0.29, 0.717) is 6.04 Å². The smallest absolute Gasteiger partial charge is 0.118 e. The summed E-state index contributed by atoms with van der Waals surface area (Å²) in [5.74, 6) is 0.896. The van der Waals surface area contributed by atoms with Crippen LogP contribution in [0.4, 0.5) is 0 Å². The largest absolute Gasteiger partial charge is 0.497 e. The average molecular weight is 304 g/mol. The van der Waals surface area contributed by atoms with Crippen LogP contribution in [0, 0.1) is 6.92 Å². The van der Waals surface area contributed by atoms with E-state index in [1.807, 2.05) is 23.5 Å². The van der Waals surface area contributed by atoms with Gasteiger partial charge in [0.2, 0.25) is 0 Å². The molecule has 1 aromatic heterocycles. The highest BCUT2D eigenvalue weighted by Crippen LogP contribution is 2.27. The maximum atomic E-state index is 5.19. The number of rotatable bonds is 7.